The van der Waals surface area contributed by atoms with Crippen molar-refractivity contribution in [3.05, 3.63) is 70.3 Å². The fraction of sp³-hybridized carbons (Fsp3) is 0.333. The van der Waals surface area contributed by atoms with E-state index in [1.165, 1.54) is 4.90 Å². The summed E-state index contributed by atoms with van der Waals surface area (Å²) in [7, 11) is 0. The van der Waals surface area contributed by atoms with Crippen LogP contribution in [-0.4, -0.2) is 48.1 Å². The number of ketones is 1. The number of amides is 1. The predicted octanol–water partition coefficient (Wildman–Crippen LogP) is 4.59. The molecule has 31 heavy (non-hydrogen) atoms. The predicted molar refractivity (Wildman–Crippen MR) is 119 cm³/mol. The minimum absolute atomic E-state index is 0.0629. The van der Waals surface area contributed by atoms with E-state index in [4.69, 9.17) is 21.1 Å². The Morgan fingerprint density at radius 3 is 2.32 bits per heavy atom. The van der Waals surface area contributed by atoms with Crippen LogP contribution >= 0.6 is 11.6 Å². The van der Waals surface area contributed by atoms with E-state index >= 15 is 0 Å². The van der Waals surface area contributed by atoms with Gasteiger partial charge in [0.1, 0.15) is 11.5 Å². The van der Waals surface area contributed by atoms with Gasteiger partial charge in [-0.15, -0.1) is 0 Å². The maximum atomic E-state index is 12.9. The zero-order chi connectivity index (χ0) is 22.4. The van der Waals surface area contributed by atoms with Crippen molar-refractivity contribution in [2.75, 3.05) is 26.4 Å². The molecule has 0 unspecified atom stereocenters. The minimum atomic E-state index is -0.706. The van der Waals surface area contributed by atoms with Crippen molar-refractivity contribution in [1.29, 1.82) is 0 Å². The van der Waals surface area contributed by atoms with Gasteiger partial charge in [0.2, 0.25) is 0 Å². The van der Waals surface area contributed by atoms with Crippen LogP contribution < -0.4 is 4.74 Å². The van der Waals surface area contributed by atoms with Gasteiger partial charge in [0.15, 0.2) is 0 Å². The highest BCUT2D eigenvalue weighted by Gasteiger charge is 2.45. The Hall–Kier alpha value is -2.83. The number of aliphatic hydroxyl groups excluding tert-OH is 1. The number of rotatable bonds is 9. The molecule has 1 aliphatic rings. The summed E-state index contributed by atoms with van der Waals surface area (Å²) >= 11 is 6.03. The number of benzene rings is 2. The fourth-order valence-corrected chi connectivity index (χ4v) is 3.74. The van der Waals surface area contributed by atoms with Crippen molar-refractivity contribution < 1.29 is 24.2 Å². The lowest BCUT2D eigenvalue weighted by Gasteiger charge is -2.25. The van der Waals surface area contributed by atoms with Crippen molar-refractivity contribution in [2.24, 2.45) is 0 Å². The molecule has 2 aromatic carbocycles. The van der Waals surface area contributed by atoms with Crippen molar-refractivity contribution in [3.63, 3.8) is 0 Å². The molecule has 0 spiro atoms. The Bertz CT molecular complexity index is 953. The normalized spacial score (nSPS) is 17.9. The first-order chi connectivity index (χ1) is 15.0. The second-order valence-corrected chi connectivity index (χ2v) is 7.49. The molecule has 2 aromatic rings. The first-order valence-corrected chi connectivity index (χ1v) is 10.7. The third kappa shape index (κ3) is 5.09. The van der Waals surface area contributed by atoms with E-state index in [0.29, 0.717) is 54.7 Å². The van der Waals surface area contributed by atoms with Gasteiger partial charge in [-0.05, 0) is 62.2 Å². The number of hydrogen-bond acceptors (Lipinski definition) is 5. The molecule has 164 valence electrons. The summed E-state index contributed by atoms with van der Waals surface area (Å²) in [5.74, 6) is -0.898. The molecule has 3 rings (SSSR count). The van der Waals surface area contributed by atoms with Crippen LogP contribution in [0, 0.1) is 0 Å². The smallest absolute Gasteiger partial charge is 0.295 e. The van der Waals surface area contributed by atoms with E-state index in [1.54, 1.807) is 48.5 Å². The molecule has 6 nitrogen and oxygen atoms in total. The Kier molecular flexibility index (Phi) is 7.71. The lowest BCUT2D eigenvalue weighted by atomic mass is 9.95. The van der Waals surface area contributed by atoms with Crippen LogP contribution in [0.5, 0.6) is 5.75 Å². The third-order valence-corrected chi connectivity index (χ3v) is 5.31. The average molecular weight is 444 g/mol. The first kappa shape index (κ1) is 22.8. The molecule has 1 amide bonds. The molecule has 0 saturated carbocycles. The van der Waals surface area contributed by atoms with E-state index in [2.05, 4.69) is 0 Å². The van der Waals surface area contributed by atoms with Crippen molar-refractivity contribution in [1.82, 2.24) is 4.90 Å². The standard InChI is InChI=1S/C24H26ClNO5/c1-3-30-15-5-14-26-21(16-6-10-18(25)11-7-16)20(23(28)24(26)29)22(27)17-8-12-19(13-9-17)31-4-2/h6-13,21,27H,3-5,14-15H2,1-2H3/t21-/m0/s1. The van der Waals surface area contributed by atoms with Gasteiger partial charge >= 0.3 is 0 Å². The van der Waals surface area contributed by atoms with Gasteiger partial charge < -0.3 is 19.5 Å². The van der Waals surface area contributed by atoms with Crippen LogP contribution in [0.3, 0.4) is 0 Å². The second kappa shape index (κ2) is 10.5. The molecular weight excluding hydrogens is 418 g/mol. The monoisotopic (exact) mass is 443 g/mol. The molecule has 1 aliphatic heterocycles. The second-order valence-electron chi connectivity index (χ2n) is 7.05. The number of Topliss-reactive ketones (excluding diaryl/α,β-unsaturated/α-hetero) is 1. The molecule has 0 radical (unpaired) electrons. The zero-order valence-corrected chi connectivity index (χ0v) is 18.4. The summed E-state index contributed by atoms with van der Waals surface area (Å²) in [5, 5.41) is 11.6. The molecule has 0 aromatic heterocycles. The van der Waals surface area contributed by atoms with Gasteiger partial charge in [0.05, 0.1) is 18.2 Å². The van der Waals surface area contributed by atoms with E-state index in [9.17, 15) is 14.7 Å². The van der Waals surface area contributed by atoms with Crippen LogP contribution in [-0.2, 0) is 14.3 Å². The Labute approximate surface area is 187 Å². The zero-order valence-electron chi connectivity index (χ0n) is 17.6. The van der Waals surface area contributed by atoms with Crippen LogP contribution in [0.15, 0.2) is 54.1 Å². The number of hydrogen-bond donors (Lipinski definition) is 1. The van der Waals surface area contributed by atoms with Gasteiger partial charge in [-0.25, -0.2) is 0 Å². The molecule has 1 heterocycles. The highest BCUT2D eigenvalue weighted by Crippen LogP contribution is 2.39. The summed E-state index contributed by atoms with van der Waals surface area (Å²) in [5.41, 5.74) is 1.20. The number of nitrogens with zero attached hydrogens (tertiary/aromatic N) is 1. The fourth-order valence-electron chi connectivity index (χ4n) is 3.61. The Balaban J connectivity index is 2.02. The van der Waals surface area contributed by atoms with E-state index in [1.807, 2.05) is 13.8 Å². The average Bonchev–Trinajstić information content (AvgIpc) is 3.02. The number of likely N-dealkylation sites (tertiary alicyclic amines) is 1. The number of ether oxygens (including phenoxy) is 2. The minimum Gasteiger partial charge on any atom is -0.507 e. The van der Waals surface area contributed by atoms with Crippen molar-refractivity contribution >= 4 is 29.1 Å². The summed E-state index contributed by atoms with van der Waals surface area (Å²) in [6.07, 6.45) is 0.577. The summed E-state index contributed by atoms with van der Waals surface area (Å²) < 4.78 is 10.8. The number of aliphatic hydroxyl groups is 1. The van der Waals surface area contributed by atoms with Crippen LogP contribution in [0.2, 0.25) is 5.02 Å². The summed E-state index contributed by atoms with van der Waals surface area (Å²) in [6, 6.07) is 13.0. The van der Waals surface area contributed by atoms with Crippen LogP contribution in [0.4, 0.5) is 0 Å². The van der Waals surface area contributed by atoms with E-state index in [0.717, 1.165) is 0 Å². The van der Waals surface area contributed by atoms with Crippen molar-refractivity contribution in [3.8, 4) is 5.75 Å². The Morgan fingerprint density at radius 1 is 1.03 bits per heavy atom. The molecule has 7 heteroatoms. The van der Waals surface area contributed by atoms with E-state index in [-0.39, 0.29) is 11.3 Å². The molecule has 1 N–H and O–H groups in total. The highest BCUT2D eigenvalue weighted by atomic mass is 35.5. The van der Waals surface area contributed by atoms with Gasteiger partial charge in [-0.3, -0.25) is 9.59 Å². The van der Waals surface area contributed by atoms with Crippen LogP contribution in [0.1, 0.15) is 37.4 Å². The summed E-state index contributed by atoms with van der Waals surface area (Å²) in [4.78, 5) is 27.3. The van der Waals surface area contributed by atoms with Gasteiger partial charge in [0.25, 0.3) is 11.7 Å². The Morgan fingerprint density at radius 2 is 1.71 bits per heavy atom. The topological polar surface area (TPSA) is 76.1 Å². The maximum Gasteiger partial charge on any atom is 0.295 e. The quantitative estimate of drug-likeness (QED) is 0.265. The maximum absolute atomic E-state index is 12.9. The molecule has 0 bridgehead atoms. The molecule has 1 fully saturated rings. The lowest BCUT2D eigenvalue weighted by Crippen LogP contribution is -2.31. The SMILES string of the molecule is CCOCCCN1C(=O)C(=O)C(=C(O)c2ccc(OCC)cc2)[C@@H]1c1ccc(Cl)cc1. The first-order valence-electron chi connectivity index (χ1n) is 10.3. The van der Waals surface area contributed by atoms with Crippen LogP contribution in [0.25, 0.3) is 5.76 Å². The van der Waals surface area contributed by atoms with Crippen molar-refractivity contribution in [2.45, 2.75) is 26.3 Å². The third-order valence-electron chi connectivity index (χ3n) is 5.06. The molecule has 0 aliphatic carbocycles. The van der Waals surface area contributed by atoms with Gasteiger partial charge in [-0.2, -0.15) is 0 Å². The number of halogens is 1. The highest BCUT2D eigenvalue weighted by molar-refractivity contribution is 6.46. The summed E-state index contributed by atoms with van der Waals surface area (Å²) in [6.45, 7) is 5.69. The lowest BCUT2D eigenvalue weighted by molar-refractivity contribution is -0.140. The largest absolute Gasteiger partial charge is 0.507 e. The number of carbonyl (C=O) groups excluding carboxylic acids is 2. The van der Waals surface area contributed by atoms with Gasteiger partial charge in [-0.1, -0.05) is 23.7 Å². The molecule has 1 atom stereocenters. The molecule has 1 saturated heterocycles. The number of carbonyl (C=O) groups is 2. The van der Waals surface area contributed by atoms with E-state index < -0.39 is 17.7 Å². The molecular formula is C24H26ClNO5. The van der Waals surface area contributed by atoms with Gasteiger partial charge in [0, 0.05) is 30.3 Å².